The molecule has 1 aliphatic rings. The lowest BCUT2D eigenvalue weighted by atomic mass is 10.1. The number of hydrogen-bond donors (Lipinski definition) is 0. The zero-order valence-electron chi connectivity index (χ0n) is 14.5. The van der Waals surface area contributed by atoms with Crippen LogP contribution in [0.4, 0.5) is 5.69 Å². The third-order valence-corrected chi connectivity index (χ3v) is 4.68. The number of fused-ring (bicyclic) bond motifs is 1. The molecule has 2 heterocycles. The van der Waals surface area contributed by atoms with Crippen LogP contribution in [0, 0.1) is 0 Å². The number of carbonyl (C=O) groups is 1. The fraction of sp³-hybridized carbons (Fsp3) is 0.400. The van der Waals surface area contributed by atoms with E-state index in [2.05, 4.69) is 42.1 Å². The number of carbonyl (C=O) groups excluding carboxylic acids is 1. The molecule has 0 saturated heterocycles. The lowest BCUT2D eigenvalue weighted by molar-refractivity contribution is -0.133. The first kappa shape index (κ1) is 16.5. The molecule has 0 fully saturated rings. The number of aromatic nitrogens is 1. The largest absolute Gasteiger partial charge is 0.372 e. The van der Waals surface area contributed by atoms with Crippen molar-refractivity contribution in [3.63, 3.8) is 0 Å². The molecule has 1 aromatic heterocycles. The van der Waals surface area contributed by atoms with E-state index in [1.54, 1.807) is 6.20 Å². The first-order valence-corrected chi connectivity index (χ1v) is 8.63. The van der Waals surface area contributed by atoms with E-state index in [1.807, 2.05) is 29.2 Å². The minimum Gasteiger partial charge on any atom is -0.372 e. The average molecular weight is 323 g/mol. The molecule has 1 aromatic carbocycles. The summed E-state index contributed by atoms with van der Waals surface area (Å²) in [5.74, 6) is 0.239. The van der Waals surface area contributed by atoms with Crippen LogP contribution in [0.15, 0.2) is 48.7 Å². The molecule has 1 unspecified atom stereocenters. The molecule has 0 bridgehead atoms. The van der Waals surface area contributed by atoms with E-state index in [1.165, 1.54) is 11.3 Å². The molecular formula is C20H25N3O. The zero-order chi connectivity index (χ0) is 16.9. The highest BCUT2D eigenvalue weighted by molar-refractivity contribution is 5.77. The molecule has 4 heteroatoms. The third kappa shape index (κ3) is 3.75. The number of likely N-dealkylation sites (N-methyl/N-ethyl adjacent to an activating group) is 1. The van der Waals surface area contributed by atoms with Gasteiger partial charge in [-0.15, -0.1) is 0 Å². The maximum Gasteiger partial charge on any atom is 0.223 e. The molecule has 4 nitrogen and oxygen atoms in total. The lowest BCUT2D eigenvalue weighted by Crippen LogP contribution is -2.41. The normalized spacial score (nSPS) is 17.3. The van der Waals surface area contributed by atoms with Crippen molar-refractivity contribution in [2.45, 2.75) is 38.8 Å². The molecule has 0 saturated carbocycles. The van der Waals surface area contributed by atoms with Crippen LogP contribution in [0.25, 0.3) is 0 Å². The molecular weight excluding hydrogens is 298 g/mol. The first-order chi connectivity index (χ1) is 11.6. The SMILES string of the molecule is CC1CN(C)c2ccccc2CN1C(=O)CCCc1ccccn1. The molecule has 0 spiro atoms. The van der Waals surface area contributed by atoms with E-state index in [0.29, 0.717) is 13.0 Å². The predicted octanol–water partition coefficient (Wildman–Crippen LogP) is 3.27. The number of rotatable bonds is 4. The molecule has 2 aromatic rings. The second kappa shape index (κ2) is 7.47. The van der Waals surface area contributed by atoms with Gasteiger partial charge >= 0.3 is 0 Å². The van der Waals surface area contributed by atoms with Gasteiger partial charge < -0.3 is 9.80 Å². The van der Waals surface area contributed by atoms with Crippen LogP contribution in [0.2, 0.25) is 0 Å². The smallest absolute Gasteiger partial charge is 0.223 e. The fourth-order valence-corrected chi connectivity index (χ4v) is 3.39. The van der Waals surface area contributed by atoms with Crippen LogP contribution in [-0.4, -0.2) is 35.4 Å². The Labute approximate surface area is 144 Å². The van der Waals surface area contributed by atoms with Crippen molar-refractivity contribution in [3.05, 3.63) is 59.9 Å². The number of anilines is 1. The van der Waals surface area contributed by atoms with E-state index >= 15 is 0 Å². The third-order valence-electron chi connectivity index (χ3n) is 4.68. The second-order valence-corrected chi connectivity index (χ2v) is 6.55. The van der Waals surface area contributed by atoms with E-state index in [0.717, 1.165) is 25.1 Å². The topological polar surface area (TPSA) is 36.4 Å². The van der Waals surface area contributed by atoms with Crippen molar-refractivity contribution in [2.24, 2.45) is 0 Å². The molecule has 3 rings (SSSR count). The minimum atomic E-state index is 0.213. The Morgan fingerprint density at radius 3 is 2.79 bits per heavy atom. The average Bonchev–Trinajstić information content (AvgIpc) is 2.72. The maximum atomic E-state index is 12.8. The Morgan fingerprint density at radius 2 is 2.00 bits per heavy atom. The van der Waals surface area contributed by atoms with Gasteiger partial charge in [-0.3, -0.25) is 9.78 Å². The minimum absolute atomic E-state index is 0.213. The van der Waals surface area contributed by atoms with Crippen molar-refractivity contribution < 1.29 is 4.79 Å². The van der Waals surface area contributed by atoms with E-state index in [-0.39, 0.29) is 11.9 Å². The highest BCUT2D eigenvalue weighted by atomic mass is 16.2. The maximum absolute atomic E-state index is 12.8. The quantitative estimate of drug-likeness (QED) is 0.866. The fourth-order valence-electron chi connectivity index (χ4n) is 3.39. The van der Waals surface area contributed by atoms with Gasteiger partial charge in [0.05, 0.1) is 0 Å². The van der Waals surface area contributed by atoms with Gasteiger partial charge in [0.1, 0.15) is 0 Å². The number of amides is 1. The summed E-state index contributed by atoms with van der Waals surface area (Å²) in [7, 11) is 2.10. The highest BCUT2D eigenvalue weighted by Crippen LogP contribution is 2.26. The number of aryl methyl sites for hydroxylation is 1. The monoisotopic (exact) mass is 323 g/mol. The van der Waals surface area contributed by atoms with Crippen molar-refractivity contribution in [1.82, 2.24) is 9.88 Å². The second-order valence-electron chi connectivity index (χ2n) is 6.55. The van der Waals surface area contributed by atoms with Crippen molar-refractivity contribution in [2.75, 3.05) is 18.5 Å². The number of nitrogens with zero attached hydrogens (tertiary/aromatic N) is 3. The van der Waals surface area contributed by atoms with Gasteiger partial charge in [-0.2, -0.15) is 0 Å². The Bertz CT molecular complexity index is 686. The standard InChI is InChI=1S/C20H25N3O/c1-16-14-22(2)19-11-4-3-8-17(19)15-23(16)20(24)12-7-10-18-9-5-6-13-21-18/h3-6,8-9,11,13,16H,7,10,12,14-15H2,1-2H3. The van der Waals surface area contributed by atoms with Gasteiger partial charge in [-0.1, -0.05) is 24.3 Å². The van der Waals surface area contributed by atoms with Crippen molar-refractivity contribution >= 4 is 11.6 Å². The molecule has 0 radical (unpaired) electrons. The summed E-state index contributed by atoms with van der Waals surface area (Å²) < 4.78 is 0. The summed E-state index contributed by atoms with van der Waals surface area (Å²) in [5.41, 5.74) is 3.51. The molecule has 1 atom stereocenters. The molecule has 24 heavy (non-hydrogen) atoms. The summed E-state index contributed by atoms with van der Waals surface area (Å²) in [6.45, 7) is 3.70. The van der Waals surface area contributed by atoms with Crippen molar-refractivity contribution in [3.8, 4) is 0 Å². The van der Waals surface area contributed by atoms with Crippen molar-refractivity contribution in [1.29, 1.82) is 0 Å². The molecule has 1 aliphatic heterocycles. The molecule has 0 aliphatic carbocycles. The van der Waals surface area contributed by atoms with Crippen LogP contribution in [0.5, 0.6) is 0 Å². The van der Waals surface area contributed by atoms with E-state index in [9.17, 15) is 4.79 Å². The number of hydrogen-bond acceptors (Lipinski definition) is 3. The summed E-state index contributed by atoms with van der Waals surface area (Å²) in [5, 5.41) is 0. The Morgan fingerprint density at radius 1 is 1.21 bits per heavy atom. The highest BCUT2D eigenvalue weighted by Gasteiger charge is 2.26. The first-order valence-electron chi connectivity index (χ1n) is 8.63. The van der Waals surface area contributed by atoms with Gasteiger partial charge in [-0.25, -0.2) is 0 Å². The number of pyridine rings is 1. The summed E-state index contributed by atoms with van der Waals surface area (Å²) >= 11 is 0. The lowest BCUT2D eigenvalue weighted by Gasteiger charge is -2.28. The van der Waals surface area contributed by atoms with Crippen LogP contribution < -0.4 is 4.90 Å². The van der Waals surface area contributed by atoms with Crippen LogP contribution in [0.3, 0.4) is 0 Å². The number of benzene rings is 1. The summed E-state index contributed by atoms with van der Waals surface area (Å²) in [6, 6.07) is 14.5. The molecule has 0 N–H and O–H groups in total. The Kier molecular flexibility index (Phi) is 5.14. The van der Waals surface area contributed by atoms with Gasteiger partial charge in [0.15, 0.2) is 0 Å². The van der Waals surface area contributed by atoms with Gasteiger partial charge in [0.2, 0.25) is 5.91 Å². The summed E-state index contributed by atoms with van der Waals surface area (Å²) in [6.07, 6.45) is 4.08. The summed E-state index contributed by atoms with van der Waals surface area (Å²) in [4.78, 5) is 21.4. The van der Waals surface area contributed by atoms with E-state index in [4.69, 9.17) is 0 Å². The molecule has 1 amide bonds. The van der Waals surface area contributed by atoms with Gasteiger partial charge in [-0.05, 0) is 43.5 Å². The van der Waals surface area contributed by atoms with Crippen LogP contribution in [0.1, 0.15) is 31.0 Å². The number of para-hydroxylation sites is 1. The Hall–Kier alpha value is -2.36. The zero-order valence-corrected chi connectivity index (χ0v) is 14.5. The van der Waals surface area contributed by atoms with Crippen LogP contribution in [-0.2, 0) is 17.8 Å². The van der Waals surface area contributed by atoms with Gasteiger partial charge in [0.25, 0.3) is 0 Å². The van der Waals surface area contributed by atoms with E-state index < -0.39 is 0 Å². The molecule has 126 valence electrons. The Balaban J connectivity index is 1.63. The van der Waals surface area contributed by atoms with Gasteiger partial charge in [0, 0.05) is 50.2 Å². The van der Waals surface area contributed by atoms with Crippen LogP contribution >= 0.6 is 0 Å². The predicted molar refractivity (Wildman–Crippen MR) is 96.9 cm³/mol.